The highest BCUT2D eigenvalue weighted by atomic mass is 35.5. The fraction of sp³-hybridized carbons (Fsp3) is 0.462. The van der Waals surface area contributed by atoms with E-state index >= 15 is 0 Å². The van der Waals surface area contributed by atoms with Gasteiger partial charge in [0.25, 0.3) is 0 Å². The van der Waals surface area contributed by atoms with Gasteiger partial charge in [-0.2, -0.15) is 0 Å². The van der Waals surface area contributed by atoms with E-state index in [1.54, 1.807) is 18.2 Å². The predicted molar refractivity (Wildman–Crippen MR) is 79.0 cm³/mol. The van der Waals surface area contributed by atoms with Gasteiger partial charge in [0.2, 0.25) is 0 Å². The van der Waals surface area contributed by atoms with Crippen LogP contribution in [0.25, 0.3) is 0 Å². The SMILES string of the molecule is CC(C)(CCO)CNC(=O)Nc1cc(Cl)cc(Cl)c1. The van der Waals surface area contributed by atoms with Gasteiger partial charge in [-0.25, -0.2) is 4.79 Å². The Balaban J connectivity index is 2.51. The van der Waals surface area contributed by atoms with E-state index in [2.05, 4.69) is 10.6 Å². The Bertz CT molecular complexity index is 430. The molecule has 0 radical (unpaired) electrons. The van der Waals surface area contributed by atoms with Crippen molar-refractivity contribution in [1.29, 1.82) is 0 Å². The second-order valence-electron chi connectivity index (χ2n) is 5.10. The number of rotatable bonds is 5. The molecule has 106 valence electrons. The fourth-order valence-electron chi connectivity index (χ4n) is 1.51. The summed E-state index contributed by atoms with van der Waals surface area (Å²) in [5.41, 5.74) is 0.382. The summed E-state index contributed by atoms with van der Waals surface area (Å²) in [6, 6.07) is 4.50. The van der Waals surface area contributed by atoms with Crippen molar-refractivity contribution in [3.63, 3.8) is 0 Å². The quantitative estimate of drug-likeness (QED) is 0.779. The third-order valence-electron chi connectivity index (χ3n) is 2.64. The molecular formula is C13H18Cl2N2O2. The maximum absolute atomic E-state index is 11.7. The van der Waals surface area contributed by atoms with Gasteiger partial charge >= 0.3 is 6.03 Å². The molecule has 0 aliphatic heterocycles. The van der Waals surface area contributed by atoms with Crippen molar-refractivity contribution < 1.29 is 9.90 Å². The molecule has 1 rings (SSSR count). The van der Waals surface area contributed by atoms with Gasteiger partial charge in [-0.3, -0.25) is 0 Å². The number of urea groups is 1. The summed E-state index contributed by atoms with van der Waals surface area (Å²) in [6.45, 7) is 4.51. The van der Waals surface area contributed by atoms with E-state index < -0.39 is 0 Å². The number of aliphatic hydroxyl groups excluding tert-OH is 1. The number of nitrogens with one attached hydrogen (secondary N) is 2. The zero-order valence-electron chi connectivity index (χ0n) is 11.0. The molecule has 0 spiro atoms. The lowest BCUT2D eigenvalue weighted by Crippen LogP contribution is -2.37. The zero-order valence-corrected chi connectivity index (χ0v) is 12.5. The van der Waals surface area contributed by atoms with Crippen LogP contribution in [0.5, 0.6) is 0 Å². The van der Waals surface area contributed by atoms with Gasteiger partial charge < -0.3 is 15.7 Å². The first kappa shape index (κ1) is 16.1. The first-order valence-electron chi connectivity index (χ1n) is 5.94. The number of anilines is 1. The average Bonchev–Trinajstić information content (AvgIpc) is 2.25. The fourth-order valence-corrected chi connectivity index (χ4v) is 2.04. The summed E-state index contributed by atoms with van der Waals surface area (Å²) in [4.78, 5) is 11.7. The molecule has 0 atom stereocenters. The Kier molecular flexibility index (Phi) is 5.91. The molecule has 1 aromatic carbocycles. The molecule has 3 N–H and O–H groups in total. The second-order valence-corrected chi connectivity index (χ2v) is 5.98. The molecule has 0 unspecified atom stereocenters. The molecule has 0 fully saturated rings. The number of hydrogen-bond donors (Lipinski definition) is 3. The third kappa shape index (κ3) is 6.14. The Morgan fingerprint density at radius 3 is 2.37 bits per heavy atom. The van der Waals surface area contributed by atoms with E-state index in [0.29, 0.717) is 28.7 Å². The number of amides is 2. The van der Waals surface area contributed by atoms with Crippen molar-refractivity contribution in [2.75, 3.05) is 18.5 Å². The second kappa shape index (κ2) is 6.98. The monoisotopic (exact) mass is 304 g/mol. The Morgan fingerprint density at radius 2 is 1.84 bits per heavy atom. The molecule has 0 aromatic heterocycles. The predicted octanol–water partition coefficient (Wildman–Crippen LogP) is 3.52. The normalized spacial score (nSPS) is 11.2. The average molecular weight is 305 g/mol. The minimum Gasteiger partial charge on any atom is -0.396 e. The molecule has 1 aromatic rings. The van der Waals surface area contributed by atoms with Crippen LogP contribution < -0.4 is 10.6 Å². The molecule has 4 nitrogen and oxygen atoms in total. The molecule has 0 bridgehead atoms. The molecule has 0 aliphatic rings. The lowest BCUT2D eigenvalue weighted by atomic mass is 9.90. The molecule has 0 heterocycles. The van der Waals surface area contributed by atoms with Gasteiger partial charge in [0.05, 0.1) is 0 Å². The van der Waals surface area contributed by atoms with Crippen LogP contribution in [0.15, 0.2) is 18.2 Å². The van der Waals surface area contributed by atoms with Gasteiger partial charge in [-0.1, -0.05) is 37.0 Å². The van der Waals surface area contributed by atoms with E-state index in [9.17, 15) is 4.79 Å². The standard InChI is InChI=1S/C13H18Cl2N2O2/c1-13(2,3-4-18)8-16-12(19)17-11-6-9(14)5-10(15)7-11/h5-7,18H,3-4,8H2,1-2H3,(H2,16,17,19). The van der Waals surface area contributed by atoms with Gasteiger partial charge in [0.15, 0.2) is 0 Å². The minimum atomic E-state index is -0.329. The van der Waals surface area contributed by atoms with Crippen molar-refractivity contribution in [2.45, 2.75) is 20.3 Å². The van der Waals surface area contributed by atoms with Crippen LogP contribution in [-0.2, 0) is 0 Å². The Hall–Kier alpha value is -0.970. The van der Waals surface area contributed by atoms with Crippen molar-refractivity contribution in [3.05, 3.63) is 28.2 Å². The summed E-state index contributed by atoms with van der Waals surface area (Å²) in [7, 11) is 0. The van der Waals surface area contributed by atoms with Crippen LogP contribution in [0.2, 0.25) is 10.0 Å². The van der Waals surface area contributed by atoms with Gasteiger partial charge in [-0.05, 0) is 30.0 Å². The van der Waals surface area contributed by atoms with Crippen molar-refractivity contribution in [1.82, 2.24) is 5.32 Å². The van der Waals surface area contributed by atoms with Crippen LogP contribution in [0, 0.1) is 5.41 Å². The van der Waals surface area contributed by atoms with E-state index in [1.807, 2.05) is 13.8 Å². The van der Waals surface area contributed by atoms with E-state index in [-0.39, 0.29) is 18.1 Å². The molecule has 0 saturated carbocycles. The lowest BCUT2D eigenvalue weighted by Gasteiger charge is -2.23. The first-order chi connectivity index (χ1) is 8.82. The van der Waals surface area contributed by atoms with Crippen LogP contribution in [-0.4, -0.2) is 24.3 Å². The van der Waals surface area contributed by atoms with Crippen LogP contribution in [0.4, 0.5) is 10.5 Å². The van der Waals surface area contributed by atoms with Crippen LogP contribution >= 0.6 is 23.2 Å². The van der Waals surface area contributed by atoms with E-state index in [4.69, 9.17) is 28.3 Å². The molecule has 0 saturated heterocycles. The topological polar surface area (TPSA) is 61.4 Å². The third-order valence-corrected chi connectivity index (χ3v) is 3.07. The van der Waals surface area contributed by atoms with Gasteiger partial charge in [0, 0.05) is 28.9 Å². The van der Waals surface area contributed by atoms with Crippen molar-refractivity contribution in [3.8, 4) is 0 Å². The van der Waals surface area contributed by atoms with Crippen LogP contribution in [0.1, 0.15) is 20.3 Å². The highest BCUT2D eigenvalue weighted by Crippen LogP contribution is 2.22. The lowest BCUT2D eigenvalue weighted by molar-refractivity contribution is 0.204. The largest absolute Gasteiger partial charge is 0.396 e. The molecule has 6 heteroatoms. The number of aliphatic hydroxyl groups is 1. The van der Waals surface area contributed by atoms with Gasteiger partial charge in [0.1, 0.15) is 0 Å². The molecule has 2 amide bonds. The highest BCUT2D eigenvalue weighted by Gasteiger charge is 2.18. The zero-order chi connectivity index (χ0) is 14.5. The maximum Gasteiger partial charge on any atom is 0.319 e. The molecule has 0 aliphatic carbocycles. The number of benzene rings is 1. The number of carbonyl (C=O) groups excluding carboxylic acids is 1. The summed E-state index contributed by atoms with van der Waals surface area (Å²) in [5.74, 6) is 0. The number of carbonyl (C=O) groups is 1. The minimum absolute atomic E-state index is 0.0974. The highest BCUT2D eigenvalue weighted by molar-refractivity contribution is 6.35. The summed E-state index contributed by atoms with van der Waals surface area (Å²) >= 11 is 11.7. The Labute approximate surface area is 123 Å². The number of hydrogen-bond acceptors (Lipinski definition) is 2. The summed E-state index contributed by atoms with van der Waals surface area (Å²) < 4.78 is 0. The molecule has 19 heavy (non-hydrogen) atoms. The van der Waals surface area contributed by atoms with Crippen molar-refractivity contribution in [2.24, 2.45) is 5.41 Å². The van der Waals surface area contributed by atoms with Crippen molar-refractivity contribution >= 4 is 34.9 Å². The number of halogens is 2. The Morgan fingerprint density at radius 1 is 1.26 bits per heavy atom. The maximum atomic E-state index is 11.7. The smallest absolute Gasteiger partial charge is 0.319 e. The summed E-state index contributed by atoms with van der Waals surface area (Å²) in [6.07, 6.45) is 0.621. The molecular weight excluding hydrogens is 287 g/mol. The van der Waals surface area contributed by atoms with E-state index in [1.165, 1.54) is 0 Å². The van der Waals surface area contributed by atoms with Gasteiger partial charge in [-0.15, -0.1) is 0 Å². The van der Waals surface area contributed by atoms with Crippen LogP contribution in [0.3, 0.4) is 0 Å². The summed E-state index contributed by atoms with van der Waals surface area (Å²) in [5, 5.41) is 15.2. The van der Waals surface area contributed by atoms with E-state index in [0.717, 1.165) is 0 Å². The first-order valence-corrected chi connectivity index (χ1v) is 6.70.